The Labute approximate surface area is 139 Å². The van der Waals surface area contributed by atoms with E-state index in [0.29, 0.717) is 5.56 Å². The van der Waals surface area contributed by atoms with Crippen LogP contribution in [0.15, 0.2) is 44.6 Å². The number of rotatable bonds is 3. The van der Waals surface area contributed by atoms with Crippen molar-refractivity contribution < 1.29 is 19.1 Å². The minimum atomic E-state index is -0.730. The van der Waals surface area contributed by atoms with E-state index in [-0.39, 0.29) is 34.9 Å². The Kier molecular flexibility index (Phi) is 4.21. The molecule has 0 atom stereocenters. The lowest BCUT2D eigenvalue weighted by Crippen LogP contribution is -2.16. The van der Waals surface area contributed by atoms with Gasteiger partial charge in [0.1, 0.15) is 16.9 Å². The van der Waals surface area contributed by atoms with E-state index in [1.165, 1.54) is 18.2 Å². The zero-order valence-electron chi connectivity index (χ0n) is 13.0. The molecule has 0 radical (unpaired) electrons. The van der Waals surface area contributed by atoms with Gasteiger partial charge in [0, 0.05) is 17.7 Å². The van der Waals surface area contributed by atoms with Gasteiger partial charge in [-0.1, -0.05) is 0 Å². The predicted octanol–water partition coefficient (Wildman–Crippen LogP) is 1.82. The highest BCUT2D eigenvalue weighted by molar-refractivity contribution is 5.91. The molecule has 3 N–H and O–H groups in total. The summed E-state index contributed by atoms with van der Waals surface area (Å²) in [4.78, 5) is 41.7. The number of aromatic amines is 1. The van der Waals surface area contributed by atoms with Gasteiger partial charge < -0.3 is 19.2 Å². The van der Waals surface area contributed by atoms with Crippen molar-refractivity contribution in [3.63, 3.8) is 0 Å². The van der Waals surface area contributed by atoms with Gasteiger partial charge in [0.2, 0.25) is 11.1 Å². The smallest absolute Gasteiger partial charge is 0.411 e. The van der Waals surface area contributed by atoms with Crippen LogP contribution < -0.4 is 16.3 Å². The third kappa shape index (κ3) is 3.20. The fourth-order valence-electron chi connectivity index (χ4n) is 2.26. The van der Waals surface area contributed by atoms with Crippen LogP contribution in [0.5, 0.6) is 5.75 Å². The molecule has 2 heterocycles. The largest absolute Gasteiger partial charge is 0.508 e. The van der Waals surface area contributed by atoms with Gasteiger partial charge in [0.15, 0.2) is 0 Å². The van der Waals surface area contributed by atoms with Crippen LogP contribution in [0.25, 0.3) is 22.4 Å². The molecular formula is C16H13N3O6. The summed E-state index contributed by atoms with van der Waals surface area (Å²) >= 11 is 0. The number of nitrogens with zero attached hydrogens (tertiary/aromatic N) is 1. The Morgan fingerprint density at radius 3 is 2.92 bits per heavy atom. The number of phenols is 1. The first-order valence-corrected chi connectivity index (χ1v) is 7.28. The number of nitrogens with one attached hydrogen (secondary N) is 2. The molecule has 128 valence electrons. The number of aromatic nitrogens is 2. The van der Waals surface area contributed by atoms with Crippen LogP contribution in [0.1, 0.15) is 6.92 Å². The van der Waals surface area contributed by atoms with Gasteiger partial charge in [-0.15, -0.1) is 0 Å². The number of carbonyl (C=O) groups is 1. The minimum Gasteiger partial charge on any atom is -0.508 e. The highest BCUT2D eigenvalue weighted by atomic mass is 16.5. The standard InChI is InChI=1S/C16H13N3O6/c1-2-24-16(23)19-10-5-8(20)3-4-9(10)12-6-11(21)13-14(22)17-7-18-15(13)25-12/h3-7,20H,2H2,1H3,(H,19,23)(H,17,18,22). The molecule has 0 spiro atoms. The van der Waals surface area contributed by atoms with Gasteiger partial charge in [-0.3, -0.25) is 14.9 Å². The van der Waals surface area contributed by atoms with Gasteiger partial charge in [0.25, 0.3) is 5.56 Å². The Morgan fingerprint density at radius 1 is 1.36 bits per heavy atom. The predicted molar refractivity (Wildman–Crippen MR) is 88.6 cm³/mol. The molecule has 0 unspecified atom stereocenters. The zero-order chi connectivity index (χ0) is 18.0. The lowest BCUT2D eigenvalue weighted by atomic mass is 10.1. The van der Waals surface area contributed by atoms with Crippen LogP contribution in [0, 0.1) is 0 Å². The Hall–Kier alpha value is -3.62. The third-order valence-electron chi connectivity index (χ3n) is 3.31. The van der Waals surface area contributed by atoms with Gasteiger partial charge in [0.05, 0.1) is 18.6 Å². The van der Waals surface area contributed by atoms with E-state index in [1.54, 1.807) is 6.92 Å². The molecule has 1 amide bonds. The molecule has 0 bridgehead atoms. The van der Waals surface area contributed by atoms with E-state index in [1.807, 2.05) is 0 Å². The van der Waals surface area contributed by atoms with Crippen molar-refractivity contribution >= 4 is 22.9 Å². The third-order valence-corrected chi connectivity index (χ3v) is 3.31. The van der Waals surface area contributed by atoms with Crippen molar-refractivity contribution in [1.29, 1.82) is 0 Å². The molecule has 3 rings (SSSR count). The van der Waals surface area contributed by atoms with Crippen LogP contribution in [0.2, 0.25) is 0 Å². The van der Waals surface area contributed by atoms with Gasteiger partial charge >= 0.3 is 6.09 Å². The van der Waals surface area contributed by atoms with Crippen molar-refractivity contribution in [1.82, 2.24) is 9.97 Å². The highest BCUT2D eigenvalue weighted by Crippen LogP contribution is 2.31. The molecule has 0 aliphatic rings. The van der Waals surface area contributed by atoms with E-state index in [0.717, 1.165) is 12.4 Å². The van der Waals surface area contributed by atoms with Crippen molar-refractivity contribution in [2.75, 3.05) is 11.9 Å². The molecule has 1 aromatic carbocycles. The highest BCUT2D eigenvalue weighted by Gasteiger charge is 2.15. The summed E-state index contributed by atoms with van der Waals surface area (Å²) < 4.78 is 10.3. The lowest BCUT2D eigenvalue weighted by Gasteiger charge is -2.11. The van der Waals surface area contributed by atoms with Gasteiger partial charge in [-0.2, -0.15) is 0 Å². The van der Waals surface area contributed by atoms with Crippen molar-refractivity contribution in [3.8, 4) is 17.1 Å². The number of benzene rings is 1. The number of H-pyrrole nitrogens is 1. The second-order valence-electron chi connectivity index (χ2n) is 4.96. The number of phenolic OH excluding ortho intramolecular Hbond substituents is 1. The molecule has 0 fully saturated rings. The van der Waals surface area contributed by atoms with E-state index in [9.17, 15) is 19.5 Å². The monoisotopic (exact) mass is 343 g/mol. The van der Waals surface area contributed by atoms with Crippen LogP contribution >= 0.6 is 0 Å². The first kappa shape index (κ1) is 16.2. The van der Waals surface area contributed by atoms with E-state index >= 15 is 0 Å². The van der Waals surface area contributed by atoms with Crippen LogP contribution in [-0.4, -0.2) is 27.8 Å². The summed E-state index contributed by atoms with van der Waals surface area (Å²) in [5.41, 5.74) is -0.847. The number of carbonyl (C=O) groups excluding carboxylic acids is 1. The summed E-state index contributed by atoms with van der Waals surface area (Å²) in [5.74, 6) is -0.0318. The quantitative estimate of drug-likeness (QED) is 0.660. The molecule has 9 heteroatoms. The number of ether oxygens (including phenoxy) is 1. The van der Waals surface area contributed by atoms with Crippen LogP contribution in [0.3, 0.4) is 0 Å². The van der Waals surface area contributed by atoms with E-state index < -0.39 is 17.1 Å². The number of amides is 1. The summed E-state index contributed by atoms with van der Waals surface area (Å²) in [6, 6.07) is 5.21. The lowest BCUT2D eigenvalue weighted by molar-refractivity contribution is 0.168. The molecule has 0 aliphatic heterocycles. The molecule has 0 saturated carbocycles. The fourth-order valence-corrected chi connectivity index (χ4v) is 2.26. The van der Waals surface area contributed by atoms with E-state index in [2.05, 4.69) is 15.3 Å². The molecule has 3 aromatic rings. The molecule has 0 saturated heterocycles. The summed E-state index contributed by atoms with van der Waals surface area (Å²) in [7, 11) is 0. The van der Waals surface area contributed by atoms with Crippen LogP contribution in [-0.2, 0) is 4.74 Å². The number of hydrogen-bond donors (Lipinski definition) is 3. The maximum atomic E-state index is 12.2. The second kappa shape index (κ2) is 6.48. The number of aromatic hydroxyl groups is 1. The topological polar surface area (TPSA) is 135 Å². The average Bonchev–Trinajstić information content (AvgIpc) is 2.54. The first-order chi connectivity index (χ1) is 12.0. The second-order valence-corrected chi connectivity index (χ2v) is 4.96. The molecule has 2 aromatic heterocycles. The van der Waals surface area contributed by atoms with Gasteiger partial charge in [-0.25, -0.2) is 9.78 Å². The first-order valence-electron chi connectivity index (χ1n) is 7.28. The molecule has 0 aliphatic carbocycles. The van der Waals surface area contributed by atoms with Crippen molar-refractivity contribution in [3.05, 3.63) is 51.2 Å². The summed E-state index contributed by atoms with van der Waals surface area (Å²) in [6.07, 6.45) is 0.387. The Balaban J connectivity index is 2.16. The average molecular weight is 343 g/mol. The zero-order valence-corrected chi connectivity index (χ0v) is 13.0. The van der Waals surface area contributed by atoms with Crippen molar-refractivity contribution in [2.45, 2.75) is 6.92 Å². The normalized spacial score (nSPS) is 10.6. The van der Waals surface area contributed by atoms with Gasteiger partial charge in [-0.05, 0) is 19.1 Å². The number of anilines is 1. The summed E-state index contributed by atoms with van der Waals surface area (Å²) in [6.45, 7) is 1.81. The SMILES string of the molecule is CCOC(=O)Nc1cc(O)ccc1-c1cc(=O)c2c(=O)[nH]cnc2o1. The minimum absolute atomic E-state index is 0.0717. The maximum absolute atomic E-state index is 12.2. The summed E-state index contributed by atoms with van der Waals surface area (Å²) in [5, 5.41) is 11.9. The molecule has 9 nitrogen and oxygen atoms in total. The Morgan fingerprint density at radius 2 is 2.16 bits per heavy atom. The van der Waals surface area contributed by atoms with E-state index in [4.69, 9.17) is 9.15 Å². The fraction of sp³-hybridized carbons (Fsp3) is 0.125. The van der Waals surface area contributed by atoms with Crippen molar-refractivity contribution in [2.24, 2.45) is 0 Å². The number of hydrogen-bond acceptors (Lipinski definition) is 7. The number of fused-ring (bicyclic) bond motifs is 1. The van der Waals surface area contributed by atoms with Crippen LogP contribution in [0.4, 0.5) is 10.5 Å². The molecule has 25 heavy (non-hydrogen) atoms. The Bertz CT molecular complexity index is 1070. The molecular weight excluding hydrogens is 330 g/mol. The maximum Gasteiger partial charge on any atom is 0.411 e.